The molecule has 1 rings (SSSR count). The molecule has 1 unspecified atom stereocenters. The number of carbonyl (C=O) groups excluding carboxylic acids is 1. The predicted octanol–water partition coefficient (Wildman–Crippen LogP) is 1.85. The van der Waals surface area contributed by atoms with Crippen molar-refractivity contribution in [2.24, 2.45) is 0 Å². The van der Waals surface area contributed by atoms with Gasteiger partial charge in [0.15, 0.2) is 5.11 Å². The van der Waals surface area contributed by atoms with E-state index in [0.29, 0.717) is 12.2 Å². The zero-order valence-corrected chi connectivity index (χ0v) is 13.2. The molecule has 1 atom stereocenters. The topological polar surface area (TPSA) is 70.6 Å². The summed E-state index contributed by atoms with van der Waals surface area (Å²) >= 11 is 5.04. The zero-order valence-electron chi connectivity index (χ0n) is 12.4. The van der Waals surface area contributed by atoms with Crippen molar-refractivity contribution < 1.29 is 14.6 Å². The number of nitrogens with one attached hydrogen (secondary N) is 2. The summed E-state index contributed by atoms with van der Waals surface area (Å²) in [6, 6.07) is 6.73. The quantitative estimate of drug-likeness (QED) is 0.671. The zero-order chi connectivity index (χ0) is 15.7. The molecule has 1 aromatic rings. The van der Waals surface area contributed by atoms with Crippen LogP contribution < -0.4 is 15.4 Å². The Morgan fingerprint density at radius 3 is 2.52 bits per heavy atom. The maximum absolute atomic E-state index is 12.0. The highest BCUT2D eigenvalue weighted by molar-refractivity contribution is 7.80. The number of hydrogen-bond acceptors (Lipinski definition) is 4. The molecule has 0 heterocycles. The van der Waals surface area contributed by atoms with Crippen LogP contribution >= 0.6 is 12.2 Å². The van der Waals surface area contributed by atoms with Gasteiger partial charge in [0.25, 0.3) is 5.91 Å². The van der Waals surface area contributed by atoms with E-state index in [2.05, 4.69) is 10.6 Å². The molecule has 0 saturated carbocycles. The van der Waals surface area contributed by atoms with Crippen LogP contribution in [0.3, 0.4) is 0 Å². The van der Waals surface area contributed by atoms with Crippen LogP contribution in [0, 0.1) is 0 Å². The maximum atomic E-state index is 12.0. The van der Waals surface area contributed by atoms with Crippen molar-refractivity contribution in [3.63, 3.8) is 0 Å². The Bertz CT molecular complexity index is 458. The first-order valence-electron chi connectivity index (χ1n) is 7.06. The highest BCUT2D eigenvalue weighted by atomic mass is 32.1. The van der Waals surface area contributed by atoms with Gasteiger partial charge in [-0.05, 0) is 49.3 Å². The number of ether oxygens (including phenoxy) is 1. The number of aliphatic hydroxyl groups is 1. The molecule has 0 aliphatic carbocycles. The van der Waals surface area contributed by atoms with E-state index >= 15 is 0 Å². The van der Waals surface area contributed by atoms with E-state index < -0.39 is 0 Å². The molecule has 0 aliphatic heterocycles. The lowest BCUT2D eigenvalue weighted by Gasteiger charge is -2.16. The van der Waals surface area contributed by atoms with E-state index in [4.69, 9.17) is 22.1 Å². The van der Waals surface area contributed by atoms with Crippen LogP contribution in [0.4, 0.5) is 0 Å². The Labute approximate surface area is 130 Å². The standard InChI is InChI=1S/C15H22N2O3S/c1-3-9-20-13-7-5-11(6-8-13)14(19)17-15(21)16-12(4-2)10-18/h5-8,12,18H,3-4,9-10H2,1-2H3,(H2,16,17,19,21). The Balaban J connectivity index is 2.53. The molecule has 116 valence electrons. The summed E-state index contributed by atoms with van der Waals surface area (Å²) in [6.07, 6.45) is 1.65. The van der Waals surface area contributed by atoms with Gasteiger partial charge in [-0.25, -0.2) is 0 Å². The van der Waals surface area contributed by atoms with Crippen LogP contribution in [0.5, 0.6) is 5.75 Å². The minimum atomic E-state index is -0.290. The minimum Gasteiger partial charge on any atom is -0.494 e. The summed E-state index contributed by atoms with van der Waals surface area (Å²) in [6.45, 7) is 4.58. The highest BCUT2D eigenvalue weighted by Crippen LogP contribution is 2.12. The number of thiocarbonyl (C=S) groups is 1. The smallest absolute Gasteiger partial charge is 0.257 e. The van der Waals surface area contributed by atoms with Crippen molar-refractivity contribution in [1.82, 2.24) is 10.6 Å². The second-order valence-electron chi connectivity index (χ2n) is 4.59. The van der Waals surface area contributed by atoms with Crippen LogP contribution in [-0.4, -0.2) is 35.4 Å². The first-order chi connectivity index (χ1) is 10.1. The van der Waals surface area contributed by atoms with Crippen molar-refractivity contribution >= 4 is 23.2 Å². The van der Waals surface area contributed by atoms with Crippen LogP contribution in [0.15, 0.2) is 24.3 Å². The molecule has 0 radical (unpaired) electrons. The monoisotopic (exact) mass is 310 g/mol. The molecule has 0 spiro atoms. The molecule has 0 aromatic heterocycles. The minimum absolute atomic E-state index is 0.0318. The molecular formula is C15H22N2O3S. The molecule has 1 aromatic carbocycles. The van der Waals surface area contributed by atoms with Gasteiger partial charge in [-0.3, -0.25) is 10.1 Å². The molecule has 3 N–H and O–H groups in total. The van der Waals surface area contributed by atoms with Gasteiger partial charge < -0.3 is 15.2 Å². The van der Waals surface area contributed by atoms with Crippen molar-refractivity contribution in [2.75, 3.05) is 13.2 Å². The number of hydrogen-bond donors (Lipinski definition) is 3. The molecule has 1 amide bonds. The maximum Gasteiger partial charge on any atom is 0.257 e. The average Bonchev–Trinajstić information content (AvgIpc) is 2.50. The molecule has 0 bridgehead atoms. The fraction of sp³-hybridized carbons (Fsp3) is 0.467. The fourth-order valence-corrected chi connectivity index (χ4v) is 1.86. The van der Waals surface area contributed by atoms with Crippen LogP contribution in [-0.2, 0) is 0 Å². The first kappa shape index (κ1) is 17.4. The molecular weight excluding hydrogens is 288 g/mol. The van der Waals surface area contributed by atoms with E-state index in [1.807, 2.05) is 13.8 Å². The molecule has 0 aliphatic rings. The van der Waals surface area contributed by atoms with Crippen LogP contribution in [0.1, 0.15) is 37.0 Å². The lowest BCUT2D eigenvalue weighted by atomic mass is 10.2. The molecule has 21 heavy (non-hydrogen) atoms. The first-order valence-corrected chi connectivity index (χ1v) is 7.47. The average molecular weight is 310 g/mol. The Morgan fingerprint density at radius 1 is 1.33 bits per heavy atom. The van der Waals surface area contributed by atoms with Crippen LogP contribution in [0.2, 0.25) is 0 Å². The summed E-state index contributed by atoms with van der Waals surface area (Å²) in [5, 5.41) is 14.8. The lowest BCUT2D eigenvalue weighted by Crippen LogP contribution is -2.45. The second kappa shape index (κ2) is 9.31. The second-order valence-corrected chi connectivity index (χ2v) is 5.00. The largest absolute Gasteiger partial charge is 0.494 e. The number of benzene rings is 1. The highest BCUT2D eigenvalue weighted by Gasteiger charge is 2.11. The van der Waals surface area contributed by atoms with Gasteiger partial charge in [0, 0.05) is 5.56 Å². The summed E-state index contributed by atoms with van der Waals surface area (Å²) in [4.78, 5) is 12.0. The molecule has 0 fully saturated rings. The third kappa shape index (κ3) is 6.10. The van der Waals surface area contributed by atoms with Crippen molar-refractivity contribution in [3.8, 4) is 5.75 Å². The number of aliphatic hydroxyl groups excluding tert-OH is 1. The third-order valence-electron chi connectivity index (χ3n) is 2.86. The Morgan fingerprint density at radius 2 is 2.00 bits per heavy atom. The number of amides is 1. The van der Waals surface area contributed by atoms with E-state index in [1.54, 1.807) is 24.3 Å². The van der Waals surface area contributed by atoms with Crippen LogP contribution in [0.25, 0.3) is 0 Å². The van der Waals surface area contributed by atoms with E-state index in [0.717, 1.165) is 18.6 Å². The van der Waals surface area contributed by atoms with Gasteiger partial charge in [-0.1, -0.05) is 13.8 Å². The summed E-state index contributed by atoms with van der Waals surface area (Å²) in [7, 11) is 0. The molecule has 5 nitrogen and oxygen atoms in total. The van der Waals surface area contributed by atoms with E-state index in [9.17, 15) is 4.79 Å². The van der Waals surface area contributed by atoms with Gasteiger partial charge >= 0.3 is 0 Å². The summed E-state index contributed by atoms with van der Waals surface area (Å²) in [5.74, 6) is 0.447. The van der Waals surface area contributed by atoms with E-state index in [1.165, 1.54) is 0 Å². The molecule has 6 heteroatoms. The van der Waals surface area contributed by atoms with Gasteiger partial charge in [0.1, 0.15) is 5.75 Å². The fourth-order valence-electron chi connectivity index (χ4n) is 1.60. The normalized spacial score (nSPS) is 11.6. The van der Waals surface area contributed by atoms with Gasteiger partial charge in [-0.15, -0.1) is 0 Å². The van der Waals surface area contributed by atoms with Gasteiger partial charge in [0.2, 0.25) is 0 Å². The predicted molar refractivity (Wildman–Crippen MR) is 86.6 cm³/mol. The molecule has 0 saturated heterocycles. The van der Waals surface area contributed by atoms with Gasteiger partial charge in [-0.2, -0.15) is 0 Å². The Hall–Kier alpha value is -1.66. The van der Waals surface area contributed by atoms with Crippen molar-refractivity contribution in [1.29, 1.82) is 0 Å². The summed E-state index contributed by atoms with van der Waals surface area (Å²) < 4.78 is 5.46. The lowest BCUT2D eigenvalue weighted by molar-refractivity contribution is 0.0976. The summed E-state index contributed by atoms with van der Waals surface area (Å²) in [5.41, 5.74) is 0.500. The third-order valence-corrected chi connectivity index (χ3v) is 3.08. The van der Waals surface area contributed by atoms with Crippen molar-refractivity contribution in [2.45, 2.75) is 32.7 Å². The van der Waals surface area contributed by atoms with Crippen molar-refractivity contribution in [3.05, 3.63) is 29.8 Å². The SMILES string of the molecule is CCCOc1ccc(C(=O)NC(=S)NC(CC)CO)cc1. The Kier molecular flexibility index (Phi) is 7.71. The van der Waals surface area contributed by atoms with Gasteiger partial charge in [0.05, 0.1) is 19.3 Å². The number of carbonyl (C=O) groups is 1. The number of rotatable bonds is 7. The van der Waals surface area contributed by atoms with E-state index in [-0.39, 0.29) is 23.7 Å².